The van der Waals surface area contributed by atoms with Crippen LogP contribution in [0.15, 0.2) is 53.3 Å². The molecule has 0 bridgehead atoms. The van der Waals surface area contributed by atoms with Crippen molar-refractivity contribution in [3.63, 3.8) is 0 Å². The highest BCUT2D eigenvalue weighted by molar-refractivity contribution is 5.93. The predicted molar refractivity (Wildman–Crippen MR) is 99.4 cm³/mol. The van der Waals surface area contributed by atoms with Crippen molar-refractivity contribution in [3.05, 3.63) is 65.8 Å². The molecule has 1 unspecified atom stereocenters. The highest BCUT2D eigenvalue weighted by atomic mass is 16.5. The van der Waals surface area contributed by atoms with Gasteiger partial charge in [-0.1, -0.05) is 35.5 Å². The number of hydrogen-bond donors (Lipinski definition) is 1. The molecule has 2 N–H and O–H groups in total. The molecule has 0 aliphatic heterocycles. The second-order valence-corrected chi connectivity index (χ2v) is 6.37. The second kappa shape index (κ2) is 5.77. The first-order chi connectivity index (χ1) is 12.1. The van der Waals surface area contributed by atoms with Crippen molar-refractivity contribution in [1.82, 2.24) is 14.7 Å². The molecule has 5 nitrogen and oxygen atoms in total. The molecule has 2 aromatic carbocycles. The summed E-state index contributed by atoms with van der Waals surface area (Å²) in [5.74, 6) is 0.790. The average Bonchev–Trinajstić information content (AvgIpc) is 3.18. The smallest absolute Gasteiger partial charge is 0.141 e. The van der Waals surface area contributed by atoms with Crippen LogP contribution in [-0.2, 0) is 0 Å². The van der Waals surface area contributed by atoms with Crippen LogP contribution in [0.3, 0.4) is 0 Å². The van der Waals surface area contributed by atoms with Gasteiger partial charge in [0.25, 0.3) is 0 Å². The first-order valence-electron chi connectivity index (χ1n) is 8.30. The van der Waals surface area contributed by atoms with Crippen LogP contribution >= 0.6 is 0 Å². The molecule has 2 heterocycles. The first kappa shape index (κ1) is 15.4. The molecule has 0 radical (unpaired) electrons. The molecule has 25 heavy (non-hydrogen) atoms. The van der Waals surface area contributed by atoms with Gasteiger partial charge >= 0.3 is 0 Å². The van der Waals surface area contributed by atoms with E-state index in [1.807, 2.05) is 32.3 Å². The molecule has 0 saturated heterocycles. The molecule has 4 rings (SSSR count). The number of rotatable bonds is 3. The minimum Gasteiger partial charge on any atom is -0.397 e. The third kappa shape index (κ3) is 2.48. The van der Waals surface area contributed by atoms with Gasteiger partial charge in [0.2, 0.25) is 0 Å². The molecule has 2 aromatic heterocycles. The number of aryl methyl sites for hydroxylation is 2. The highest BCUT2D eigenvalue weighted by Gasteiger charge is 2.17. The lowest BCUT2D eigenvalue weighted by molar-refractivity contribution is 0.393. The Hall–Kier alpha value is -3.08. The van der Waals surface area contributed by atoms with Gasteiger partial charge in [-0.25, -0.2) is 4.98 Å². The third-order valence-electron chi connectivity index (χ3n) is 4.73. The zero-order valence-electron chi connectivity index (χ0n) is 14.5. The largest absolute Gasteiger partial charge is 0.397 e. The number of fused-ring (bicyclic) bond motifs is 1. The summed E-state index contributed by atoms with van der Waals surface area (Å²) in [4.78, 5) is 4.53. The summed E-state index contributed by atoms with van der Waals surface area (Å²) in [6, 6.07) is 14.6. The van der Waals surface area contributed by atoms with Gasteiger partial charge in [0.15, 0.2) is 0 Å². The molecular formula is C20H20N4O. The van der Waals surface area contributed by atoms with E-state index in [9.17, 15) is 0 Å². The Balaban J connectivity index is 1.91. The summed E-state index contributed by atoms with van der Waals surface area (Å²) >= 11 is 0. The predicted octanol–water partition coefficient (Wildman–Crippen LogP) is 4.50. The fraction of sp³-hybridized carbons (Fsp3) is 0.200. The topological polar surface area (TPSA) is 69.9 Å². The standard InChI is InChI=1S/C20H20N4O/c1-12-19(14(3)25-23-12)16-9-17(21)20-18(10-16)24(11-22-20)13(2)15-7-5-4-6-8-15/h4-11,13H,21H2,1-3H3. The van der Waals surface area contributed by atoms with Crippen molar-refractivity contribution in [2.75, 3.05) is 5.73 Å². The number of aromatic nitrogens is 3. The zero-order chi connectivity index (χ0) is 17.6. The molecule has 126 valence electrons. The molecule has 0 spiro atoms. The Morgan fingerprint density at radius 2 is 1.88 bits per heavy atom. The Morgan fingerprint density at radius 3 is 2.56 bits per heavy atom. The summed E-state index contributed by atoms with van der Waals surface area (Å²) in [7, 11) is 0. The zero-order valence-corrected chi connectivity index (χ0v) is 14.5. The fourth-order valence-electron chi connectivity index (χ4n) is 3.40. The van der Waals surface area contributed by atoms with E-state index in [0.717, 1.165) is 33.6 Å². The summed E-state index contributed by atoms with van der Waals surface area (Å²) in [6.45, 7) is 6.02. The van der Waals surface area contributed by atoms with Gasteiger partial charge in [0.1, 0.15) is 11.3 Å². The summed E-state index contributed by atoms with van der Waals surface area (Å²) in [6.07, 6.45) is 1.86. The fourth-order valence-corrected chi connectivity index (χ4v) is 3.40. The minimum absolute atomic E-state index is 0.158. The van der Waals surface area contributed by atoms with Crippen LogP contribution in [0.5, 0.6) is 0 Å². The maximum absolute atomic E-state index is 6.29. The van der Waals surface area contributed by atoms with E-state index >= 15 is 0 Å². The lowest BCUT2D eigenvalue weighted by Gasteiger charge is -2.15. The van der Waals surface area contributed by atoms with E-state index < -0.39 is 0 Å². The molecular weight excluding hydrogens is 312 g/mol. The van der Waals surface area contributed by atoms with Gasteiger partial charge in [-0.3, -0.25) is 0 Å². The first-order valence-corrected chi connectivity index (χ1v) is 8.30. The monoisotopic (exact) mass is 332 g/mol. The molecule has 5 heteroatoms. The van der Waals surface area contributed by atoms with Crippen molar-refractivity contribution >= 4 is 16.7 Å². The van der Waals surface area contributed by atoms with Crippen molar-refractivity contribution in [3.8, 4) is 11.1 Å². The molecule has 1 atom stereocenters. The number of hydrogen-bond acceptors (Lipinski definition) is 4. The number of nitrogens with zero attached hydrogens (tertiary/aromatic N) is 3. The van der Waals surface area contributed by atoms with Gasteiger partial charge < -0.3 is 14.8 Å². The molecule has 0 fully saturated rings. The van der Waals surface area contributed by atoms with Crippen LogP contribution in [0.2, 0.25) is 0 Å². The normalized spacial score (nSPS) is 12.6. The van der Waals surface area contributed by atoms with Crippen LogP contribution in [-0.4, -0.2) is 14.7 Å². The number of imidazole rings is 1. The summed E-state index contributed by atoms with van der Waals surface area (Å²) in [5.41, 5.74) is 12.9. The summed E-state index contributed by atoms with van der Waals surface area (Å²) < 4.78 is 7.47. The maximum Gasteiger partial charge on any atom is 0.141 e. The van der Waals surface area contributed by atoms with E-state index in [1.54, 1.807) is 0 Å². The van der Waals surface area contributed by atoms with Crippen molar-refractivity contribution in [2.45, 2.75) is 26.8 Å². The van der Waals surface area contributed by atoms with E-state index in [4.69, 9.17) is 10.3 Å². The van der Waals surface area contributed by atoms with Crippen LogP contribution in [0.25, 0.3) is 22.2 Å². The van der Waals surface area contributed by atoms with Gasteiger partial charge in [-0.05, 0) is 44.0 Å². The Morgan fingerprint density at radius 1 is 1.12 bits per heavy atom. The number of nitrogens with two attached hydrogens (primary N) is 1. The third-order valence-corrected chi connectivity index (χ3v) is 4.73. The van der Waals surface area contributed by atoms with Crippen LogP contribution in [0, 0.1) is 13.8 Å². The van der Waals surface area contributed by atoms with Crippen molar-refractivity contribution in [2.24, 2.45) is 0 Å². The lowest BCUT2D eigenvalue weighted by atomic mass is 10.0. The molecule has 0 aliphatic carbocycles. The number of nitrogen functional groups attached to an aromatic ring is 1. The summed E-state index contributed by atoms with van der Waals surface area (Å²) in [5, 5.41) is 4.06. The average molecular weight is 332 g/mol. The van der Waals surface area contributed by atoms with E-state index in [2.05, 4.69) is 52.0 Å². The molecule has 0 saturated carbocycles. The molecule has 0 amide bonds. The van der Waals surface area contributed by atoms with Crippen molar-refractivity contribution < 1.29 is 4.52 Å². The Bertz CT molecular complexity index is 1030. The van der Waals surface area contributed by atoms with E-state index in [-0.39, 0.29) is 6.04 Å². The number of anilines is 1. The Kier molecular flexibility index (Phi) is 3.57. The highest BCUT2D eigenvalue weighted by Crippen LogP contribution is 2.34. The van der Waals surface area contributed by atoms with Crippen LogP contribution in [0.4, 0.5) is 5.69 Å². The van der Waals surface area contributed by atoms with Crippen LogP contribution in [0.1, 0.15) is 30.0 Å². The van der Waals surface area contributed by atoms with Gasteiger partial charge in [-0.2, -0.15) is 0 Å². The molecule has 0 aliphatic rings. The van der Waals surface area contributed by atoms with Gasteiger partial charge in [0, 0.05) is 5.56 Å². The quantitative estimate of drug-likeness (QED) is 0.561. The SMILES string of the molecule is Cc1noc(C)c1-c1cc(N)c2ncn(C(C)c3ccccc3)c2c1. The molecule has 4 aromatic rings. The number of benzene rings is 2. The van der Waals surface area contributed by atoms with Crippen molar-refractivity contribution in [1.29, 1.82) is 0 Å². The second-order valence-electron chi connectivity index (χ2n) is 6.37. The van der Waals surface area contributed by atoms with Gasteiger partial charge in [0.05, 0.1) is 29.3 Å². The van der Waals surface area contributed by atoms with Gasteiger partial charge in [-0.15, -0.1) is 0 Å². The Labute approximate surface area is 146 Å². The minimum atomic E-state index is 0.158. The lowest BCUT2D eigenvalue weighted by Crippen LogP contribution is -2.05. The van der Waals surface area contributed by atoms with Crippen LogP contribution < -0.4 is 5.73 Å². The maximum atomic E-state index is 6.29. The van der Waals surface area contributed by atoms with E-state index in [0.29, 0.717) is 5.69 Å². The van der Waals surface area contributed by atoms with E-state index in [1.165, 1.54) is 5.56 Å².